The second-order valence-corrected chi connectivity index (χ2v) is 6.87. The first-order valence-corrected chi connectivity index (χ1v) is 8.31. The van der Waals surface area contributed by atoms with Crippen LogP contribution in [-0.2, 0) is 10.2 Å². The Labute approximate surface area is 134 Å². The molecule has 1 heterocycles. The first-order chi connectivity index (χ1) is 10.4. The number of hydrogen-bond donors (Lipinski definition) is 1. The summed E-state index contributed by atoms with van der Waals surface area (Å²) in [6.07, 6.45) is 3.83. The summed E-state index contributed by atoms with van der Waals surface area (Å²) in [5, 5.41) is 2.68. The number of nitrogens with zero attached hydrogens (tertiary/aromatic N) is 1. The molecular weight excluding hydrogens is 272 g/mol. The smallest absolute Gasteiger partial charge is 0.219 e. The van der Waals surface area contributed by atoms with Crippen LogP contribution in [0.25, 0.3) is 0 Å². The van der Waals surface area contributed by atoms with E-state index in [-0.39, 0.29) is 11.3 Å². The van der Waals surface area contributed by atoms with Crippen LogP contribution in [-0.4, -0.2) is 29.8 Å². The van der Waals surface area contributed by atoms with Crippen molar-refractivity contribution in [2.45, 2.75) is 58.8 Å². The van der Waals surface area contributed by atoms with Crippen molar-refractivity contribution in [3.05, 3.63) is 29.3 Å². The lowest BCUT2D eigenvalue weighted by Gasteiger charge is -2.15. The molecule has 120 valence electrons. The zero-order chi connectivity index (χ0) is 16.3. The predicted molar refractivity (Wildman–Crippen MR) is 92.2 cm³/mol. The second-order valence-electron chi connectivity index (χ2n) is 6.87. The Balaban J connectivity index is 2.02. The van der Waals surface area contributed by atoms with Crippen LogP contribution in [0.4, 0.5) is 5.69 Å². The Kier molecular flexibility index (Phi) is 5.05. The molecule has 1 aliphatic rings. The fourth-order valence-electron chi connectivity index (χ4n) is 3.24. The molecule has 0 unspecified atom stereocenters. The van der Waals surface area contributed by atoms with E-state index >= 15 is 0 Å². The van der Waals surface area contributed by atoms with Gasteiger partial charge in [0, 0.05) is 38.4 Å². The minimum Gasteiger partial charge on any atom is -0.359 e. The number of hydrogen-bond acceptors (Lipinski definition) is 1. The van der Waals surface area contributed by atoms with Gasteiger partial charge in [0.05, 0.1) is 5.41 Å². The first kappa shape index (κ1) is 16.7. The number of benzene rings is 1. The summed E-state index contributed by atoms with van der Waals surface area (Å²) in [7, 11) is 1.70. The maximum absolute atomic E-state index is 11.2. The SMILES string of the molecule is CNC(=O)CCCCC[N+]1=C(C)C(C)(C)c2cc(C)ccc21. The Morgan fingerprint density at radius 3 is 2.59 bits per heavy atom. The van der Waals surface area contributed by atoms with Crippen molar-refractivity contribution < 1.29 is 9.37 Å². The lowest BCUT2D eigenvalue weighted by molar-refractivity contribution is -0.439. The topological polar surface area (TPSA) is 32.1 Å². The number of aryl methyl sites for hydroxylation is 1. The maximum Gasteiger partial charge on any atom is 0.219 e. The molecule has 2 rings (SSSR count). The summed E-state index contributed by atoms with van der Waals surface area (Å²) >= 11 is 0. The molecule has 0 saturated heterocycles. The summed E-state index contributed by atoms with van der Waals surface area (Å²) in [5.41, 5.74) is 5.67. The van der Waals surface area contributed by atoms with Crippen LogP contribution in [0.3, 0.4) is 0 Å². The average Bonchev–Trinajstić information content (AvgIpc) is 2.67. The largest absolute Gasteiger partial charge is 0.359 e. The van der Waals surface area contributed by atoms with Crippen molar-refractivity contribution in [3.8, 4) is 0 Å². The molecule has 22 heavy (non-hydrogen) atoms. The van der Waals surface area contributed by atoms with Gasteiger partial charge in [-0.05, 0) is 39.7 Å². The molecule has 1 amide bonds. The molecule has 0 saturated carbocycles. The van der Waals surface area contributed by atoms with Gasteiger partial charge in [0.15, 0.2) is 5.71 Å². The van der Waals surface area contributed by atoms with Crippen LogP contribution < -0.4 is 5.32 Å². The van der Waals surface area contributed by atoms with Crippen molar-refractivity contribution in [1.82, 2.24) is 5.32 Å². The molecule has 1 aromatic carbocycles. The molecule has 1 aliphatic heterocycles. The van der Waals surface area contributed by atoms with Crippen LogP contribution in [0.5, 0.6) is 0 Å². The molecule has 3 heteroatoms. The number of carbonyl (C=O) groups is 1. The van der Waals surface area contributed by atoms with Gasteiger partial charge < -0.3 is 5.32 Å². The van der Waals surface area contributed by atoms with E-state index in [0.717, 1.165) is 25.8 Å². The zero-order valence-electron chi connectivity index (χ0n) is 14.6. The Hall–Kier alpha value is -1.64. The second kappa shape index (κ2) is 6.64. The highest BCUT2D eigenvalue weighted by molar-refractivity contribution is 5.93. The van der Waals surface area contributed by atoms with E-state index < -0.39 is 0 Å². The van der Waals surface area contributed by atoms with Gasteiger partial charge in [-0.1, -0.05) is 11.6 Å². The van der Waals surface area contributed by atoms with Crippen LogP contribution in [0.2, 0.25) is 0 Å². The quantitative estimate of drug-likeness (QED) is 0.630. The molecule has 0 atom stereocenters. The van der Waals surface area contributed by atoms with Crippen molar-refractivity contribution in [3.63, 3.8) is 0 Å². The Morgan fingerprint density at radius 2 is 1.91 bits per heavy atom. The van der Waals surface area contributed by atoms with E-state index in [2.05, 4.69) is 55.8 Å². The number of unbranched alkanes of at least 4 members (excludes halogenated alkanes) is 2. The van der Waals surface area contributed by atoms with Gasteiger partial charge in [0.2, 0.25) is 11.6 Å². The summed E-state index contributed by atoms with van der Waals surface area (Å²) < 4.78 is 2.47. The third-order valence-corrected chi connectivity index (χ3v) is 4.99. The molecule has 1 N–H and O–H groups in total. The lowest BCUT2D eigenvalue weighted by Crippen LogP contribution is -2.26. The minimum absolute atomic E-state index is 0.115. The van der Waals surface area contributed by atoms with E-state index in [1.165, 1.54) is 22.5 Å². The Morgan fingerprint density at radius 1 is 1.18 bits per heavy atom. The van der Waals surface area contributed by atoms with Gasteiger partial charge in [-0.2, -0.15) is 4.58 Å². The molecule has 1 aromatic rings. The first-order valence-electron chi connectivity index (χ1n) is 8.31. The summed E-state index contributed by atoms with van der Waals surface area (Å²) in [5.74, 6) is 0.144. The van der Waals surface area contributed by atoms with Crippen LogP contribution in [0.1, 0.15) is 57.6 Å². The molecule has 0 bridgehead atoms. The third-order valence-electron chi connectivity index (χ3n) is 4.99. The van der Waals surface area contributed by atoms with Crippen molar-refractivity contribution >= 4 is 17.3 Å². The number of fused-ring (bicyclic) bond motifs is 1. The van der Waals surface area contributed by atoms with Crippen LogP contribution in [0.15, 0.2) is 18.2 Å². The summed E-state index contributed by atoms with van der Waals surface area (Å²) in [4.78, 5) is 11.2. The average molecular weight is 301 g/mol. The van der Waals surface area contributed by atoms with E-state index in [4.69, 9.17) is 0 Å². The maximum atomic E-state index is 11.2. The number of amides is 1. The highest BCUT2D eigenvalue weighted by Crippen LogP contribution is 2.39. The van der Waals surface area contributed by atoms with Crippen molar-refractivity contribution in [1.29, 1.82) is 0 Å². The molecule has 0 aromatic heterocycles. The normalized spacial score (nSPS) is 15.9. The van der Waals surface area contributed by atoms with Gasteiger partial charge in [-0.15, -0.1) is 0 Å². The monoisotopic (exact) mass is 301 g/mol. The van der Waals surface area contributed by atoms with Crippen molar-refractivity contribution in [2.75, 3.05) is 13.6 Å². The third kappa shape index (κ3) is 3.23. The van der Waals surface area contributed by atoms with Gasteiger partial charge in [-0.3, -0.25) is 4.79 Å². The fraction of sp³-hybridized carbons (Fsp3) is 0.579. The van der Waals surface area contributed by atoms with Crippen molar-refractivity contribution in [2.24, 2.45) is 0 Å². The van der Waals surface area contributed by atoms with E-state index in [1.54, 1.807) is 7.05 Å². The number of carbonyl (C=O) groups excluding carboxylic acids is 1. The number of rotatable bonds is 6. The fourth-order valence-corrected chi connectivity index (χ4v) is 3.24. The predicted octanol–water partition coefficient (Wildman–Crippen LogP) is 3.70. The molecule has 0 fully saturated rings. The van der Waals surface area contributed by atoms with Gasteiger partial charge in [-0.25, -0.2) is 0 Å². The highest BCUT2D eigenvalue weighted by Gasteiger charge is 2.42. The molecule has 0 radical (unpaired) electrons. The number of nitrogens with one attached hydrogen (secondary N) is 1. The highest BCUT2D eigenvalue weighted by atomic mass is 16.1. The van der Waals surface area contributed by atoms with E-state index in [9.17, 15) is 4.79 Å². The Bertz CT molecular complexity index is 599. The van der Waals surface area contributed by atoms with E-state index in [0.29, 0.717) is 6.42 Å². The minimum atomic E-state index is 0.115. The molecule has 0 spiro atoms. The summed E-state index contributed by atoms with van der Waals surface area (Å²) in [6.45, 7) is 10.1. The summed E-state index contributed by atoms with van der Waals surface area (Å²) in [6, 6.07) is 6.78. The molecular formula is C19H29N2O+. The van der Waals surface area contributed by atoms with Gasteiger partial charge in [0.25, 0.3) is 0 Å². The molecule has 3 nitrogen and oxygen atoms in total. The van der Waals surface area contributed by atoms with E-state index in [1.807, 2.05) is 0 Å². The molecule has 0 aliphatic carbocycles. The van der Waals surface area contributed by atoms with Crippen LogP contribution >= 0.6 is 0 Å². The lowest BCUT2D eigenvalue weighted by atomic mass is 9.82. The zero-order valence-corrected chi connectivity index (χ0v) is 14.6. The van der Waals surface area contributed by atoms with Gasteiger partial charge >= 0.3 is 0 Å². The van der Waals surface area contributed by atoms with Crippen LogP contribution in [0, 0.1) is 6.92 Å². The standard InChI is InChI=1S/C19H28N2O/c1-14-10-11-17-16(13-14)19(3,4)15(2)21(17)12-8-6-7-9-18(22)20-5/h10-11,13H,6-9,12H2,1-5H3/p+1. The van der Waals surface area contributed by atoms with Gasteiger partial charge in [0.1, 0.15) is 6.54 Å².